The molecule has 1 aliphatic heterocycles. The van der Waals surface area contributed by atoms with Gasteiger partial charge in [-0.2, -0.15) is 0 Å². The van der Waals surface area contributed by atoms with E-state index in [1.807, 2.05) is 104 Å². The third-order valence-corrected chi connectivity index (χ3v) is 14.4. The summed E-state index contributed by atoms with van der Waals surface area (Å²) < 4.78 is 38.6. The number of nitrogens with zero attached hydrogens (tertiary/aromatic N) is 4. The SMILES string of the molecule is COc1ccc(C(OC[C@H]2OC(n3c(SCCCCCSc4c(C)oc5c(C)c6oc(=O)cc(C)c6cc45)nc4c(N)ncnc43)C[C@@H]2O)(c2ccccc2)c2ccc(OC)cc2)cc1. The summed E-state index contributed by atoms with van der Waals surface area (Å²) in [6.45, 7) is 5.93. The van der Waals surface area contributed by atoms with E-state index in [-0.39, 0.29) is 18.1 Å². The zero-order chi connectivity index (χ0) is 45.2. The highest BCUT2D eigenvalue weighted by molar-refractivity contribution is 7.99. The van der Waals surface area contributed by atoms with E-state index in [1.54, 1.807) is 37.7 Å². The fourth-order valence-electron chi connectivity index (χ4n) is 8.75. The van der Waals surface area contributed by atoms with Crippen LogP contribution in [-0.4, -0.2) is 69.2 Å². The number of aliphatic hydroxyl groups is 1. The number of benzene rings is 4. The highest BCUT2D eigenvalue weighted by Gasteiger charge is 2.43. The number of fused-ring (bicyclic) bond motifs is 3. The molecule has 8 aromatic rings. The Kier molecular flexibility index (Phi) is 12.9. The van der Waals surface area contributed by atoms with Crippen LogP contribution in [0.1, 0.15) is 65.5 Å². The smallest absolute Gasteiger partial charge is 0.336 e. The number of nitrogen functional groups attached to an aromatic ring is 1. The van der Waals surface area contributed by atoms with Crippen LogP contribution >= 0.6 is 23.5 Å². The molecule has 0 saturated carbocycles. The largest absolute Gasteiger partial charge is 0.497 e. The highest BCUT2D eigenvalue weighted by atomic mass is 32.2. The maximum Gasteiger partial charge on any atom is 0.336 e. The van der Waals surface area contributed by atoms with Gasteiger partial charge in [-0.3, -0.25) is 4.57 Å². The monoisotopic (exact) mass is 913 g/mol. The molecule has 3 N–H and O–H groups in total. The number of thioether (sulfide) groups is 2. The van der Waals surface area contributed by atoms with E-state index in [0.717, 1.165) is 97.1 Å². The molecule has 65 heavy (non-hydrogen) atoms. The van der Waals surface area contributed by atoms with Crippen molar-refractivity contribution in [3.05, 3.63) is 141 Å². The Bertz CT molecular complexity index is 2960. The Morgan fingerprint density at radius 3 is 2.14 bits per heavy atom. The number of furan rings is 1. The first-order valence-electron chi connectivity index (χ1n) is 21.6. The van der Waals surface area contributed by atoms with Gasteiger partial charge in [0, 0.05) is 34.6 Å². The van der Waals surface area contributed by atoms with Crippen LogP contribution in [0.2, 0.25) is 0 Å². The molecule has 1 saturated heterocycles. The summed E-state index contributed by atoms with van der Waals surface area (Å²) in [7, 11) is 3.28. The van der Waals surface area contributed by atoms with Crippen LogP contribution in [0.5, 0.6) is 11.5 Å². The third-order valence-electron chi connectivity index (χ3n) is 12.1. The van der Waals surface area contributed by atoms with Crippen molar-refractivity contribution >= 4 is 62.4 Å². The van der Waals surface area contributed by atoms with E-state index < -0.39 is 24.0 Å². The van der Waals surface area contributed by atoms with Gasteiger partial charge in [-0.15, -0.1) is 11.8 Å². The van der Waals surface area contributed by atoms with Crippen molar-refractivity contribution in [2.45, 2.75) is 80.5 Å². The van der Waals surface area contributed by atoms with Crippen LogP contribution in [-0.2, 0) is 15.1 Å². The van der Waals surface area contributed by atoms with Gasteiger partial charge in [0.1, 0.15) is 52.7 Å². The summed E-state index contributed by atoms with van der Waals surface area (Å²) in [4.78, 5) is 26.9. The molecule has 15 heteroatoms. The second kappa shape index (κ2) is 18.9. The van der Waals surface area contributed by atoms with E-state index in [4.69, 9.17) is 38.5 Å². The molecule has 3 atom stereocenters. The Hall–Kier alpha value is -5.84. The summed E-state index contributed by atoms with van der Waals surface area (Å²) in [5.74, 6) is 4.31. The van der Waals surface area contributed by atoms with Crippen molar-refractivity contribution in [3.8, 4) is 11.5 Å². The molecule has 13 nitrogen and oxygen atoms in total. The minimum Gasteiger partial charge on any atom is -0.497 e. The van der Waals surface area contributed by atoms with Gasteiger partial charge in [-0.1, -0.05) is 72.8 Å². The van der Waals surface area contributed by atoms with Crippen LogP contribution < -0.4 is 20.8 Å². The molecule has 4 aromatic carbocycles. The minimum atomic E-state index is -1.08. The molecule has 0 aliphatic carbocycles. The Morgan fingerprint density at radius 1 is 0.815 bits per heavy atom. The first-order valence-corrected chi connectivity index (χ1v) is 23.6. The Balaban J connectivity index is 0.896. The molecule has 0 bridgehead atoms. The van der Waals surface area contributed by atoms with Crippen LogP contribution in [0.3, 0.4) is 0 Å². The van der Waals surface area contributed by atoms with Crippen LogP contribution in [0.4, 0.5) is 5.82 Å². The molecular weight excluding hydrogens is 863 g/mol. The van der Waals surface area contributed by atoms with Gasteiger partial charge in [-0.05, 0) is 92.0 Å². The number of nitrogens with two attached hydrogens (primary N) is 1. The Morgan fingerprint density at radius 2 is 1.46 bits per heavy atom. The first kappa shape index (κ1) is 44.4. The average molecular weight is 914 g/mol. The molecule has 0 spiro atoms. The van der Waals surface area contributed by atoms with Crippen molar-refractivity contribution in [2.24, 2.45) is 0 Å². The average Bonchev–Trinajstić information content (AvgIpc) is 3.99. The third kappa shape index (κ3) is 8.59. The summed E-state index contributed by atoms with van der Waals surface area (Å²) in [6.07, 6.45) is 2.56. The highest BCUT2D eigenvalue weighted by Crippen LogP contribution is 2.44. The number of anilines is 1. The molecule has 336 valence electrons. The van der Waals surface area contributed by atoms with Gasteiger partial charge in [0.15, 0.2) is 22.1 Å². The van der Waals surface area contributed by atoms with Crippen molar-refractivity contribution in [1.29, 1.82) is 0 Å². The number of aryl methyl sites for hydroxylation is 3. The number of unbranched alkanes of at least 4 members (excludes halogenated alkanes) is 2. The molecule has 0 radical (unpaired) electrons. The van der Waals surface area contributed by atoms with Gasteiger partial charge < -0.3 is 38.6 Å². The maximum atomic E-state index is 12.1. The Labute approximate surface area is 384 Å². The molecule has 1 fully saturated rings. The molecule has 5 heterocycles. The lowest BCUT2D eigenvalue weighted by atomic mass is 9.80. The molecule has 0 amide bonds. The number of hydrogen-bond acceptors (Lipinski definition) is 14. The van der Waals surface area contributed by atoms with Crippen LogP contribution in [0.15, 0.2) is 121 Å². The summed E-state index contributed by atoms with van der Waals surface area (Å²) >= 11 is 3.41. The molecule has 9 rings (SSSR count). The van der Waals surface area contributed by atoms with Crippen LogP contribution in [0.25, 0.3) is 33.1 Å². The number of imidazole rings is 1. The number of rotatable bonds is 17. The number of hydrogen-bond donors (Lipinski definition) is 2. The second-order valence-corrected chi connectivity index (χ2v) is 18.4. The zero-order valence-corrected chi connectivity index (χ0v) is 38.5. The van der Waals surface area contributed by atoms with E-state index in [9.17, 15) is 9.90 Å². The van der Waals surface area contributed by atoms with E-state index >= 15 is 0 Å². The number of aliphatic hydroxyl groups excluding tert-OH is 1. The standard InChI is InChI=1S/C50H51N5O8S2/c1-29-24-42(57)63-44-30(2)45-38(25-37(29)44)46(31(3)61-45)64-22-10-7-11-23-65-49-54-43-47(51)52-28-53-48(43)55(49)41-26-39(56)40(62-41)27-60-50(32-12-8-6-9-13-32,33-14-18-35(58-4)19-15-33)34-16-20-36(59-5)21-17-34/h6,8-9,12-21,24-25,28,39-41,56H,7,10-11,22-23,26-27H2,1-5H3,(H2,51,52,53)/t39-,40+,41?/m0/s1. The summed E-state index contributed by atoms with van der Waals surface area (Å²) in [5, 5.41) is 14.4. The number of ether oxygens (including phenoxy) is 4. The van der Waals surface area contributed by atoms with Gasteiger partial charge >= 0.3 is 5.63 Å². The predicted molar refractivity (Wildman–Crippen MR) is 254 cm³/mol. The normalized spacial score (nSPS) is 16.6. The zero-order valence-electron chi connectivity index (χ0n) is 36.9. The number of methoxy groups -OCH3 is 2. The summed E-state index contributed by atoms with van der Waals surface area (Å²) in [6, 6.07) is 29.4. The number of aromatic nitrogens is 4. The van der Waals surface area contributed by atoms with E-state index in [0.29, 0.717) is 28.3 Å². The van der Waals surface area contributed by atoms with E-state index in [2.05, 4.69) is 16.0 Å². The van der Waals surface area contributed by atoms with Gasteiger partial charge in [0.25, 0.3) is 0 Å². The topological polar surface area (TPSA) is 170 Å². The molecule has 1 unspecified atom stereocenters. The first-order chi connectivity index (χ1) is 31.6. The predicted octanol–water partition coefficient (Wildman–Crippen LogP) is 9.92. The summed E-state index contributed by atoms with van der Waals surface area (Å²) in [5.41, 5.74) is 11.7. The lowest BCUT2D eigenvalue weighted by Crippen LogP contribution is -2.38. The second-order valence-electron chi connectivity index (χ2n) is 16.2. The van der Waals surface area contributed by atoms with Gasteiger partial charge in [0.2, 0.25) is 0 Å². The van der Waals surface area contributed by atoms with Crippen LogP contribution in [0, 0.1) is 20.8 Å². The van der Waals surface area contributed by atoms with Crippen molar-refractivity contribution in [2.75, 3.05) is 38.1 Å². The molecular formula is C50H51N5O8S2. The fraction of sp³-hybridized carbons (Fsp3) is 0.320. The van der Waals surface area contributed by atoms with Gasteiger partial charge in [-0.25, -0.2) is 19.7 Å². The minimum absolute atomic E-state index is 0.0664. The van der Waals surface area contributed by atoms with Crippen molar-refractivity contribution in [1.82, 2.24) is 19.5 Å². The lowest BCUT2D eigenvalue weighted by Gasteiger charge is -2.37. The quantitative estimate of drug-likeness (QED) is 0.0383. The van der Waals surface area contributed by atoms with Crippen molar-refractivity contribution in [3.63, 3.8) is 0 Å². The maximum absolute atomic E-state index is 12.1. The molecule has 1 aliphatic rings. The van der Waals surface area contributed by atoms with Crippen molar-refractivity contribution < 1.29 is 32.9 Å². The van der Waals surface area contributed by atoms with E-state index in [1.165, 1.54) is 12.4 Å². The van der Waals surface area contributed by atoms with Gasteiger partial charge in [0.05, 0.1) is 31.8 Å². The molecule has 4 aromatic heterocycles. The fourth-order valence-corrected chi connectivity index (χ4v) is 10.9. The lowest BCUT2D eigenvalue weighted by molar-refractivity contribution is -0.0943.